The van der Waals surface area contributed by atoms with Gasteiger partial charge in [-0.05, 0) is 36.8 Å². The molecule has 5 nitrogen and oxygen atoms in total. The Morgan fingerprint density at radius 3 is 2.72 bits per heavy atom. The molecule has 0 aliphatic heterocycles. The van der Waals surface area contributed by atoms with Crippen LogP contribution in [0, 0.1) is 12.7 Å². The number of hydrogen-bond acceptors (Lipinski definition) is 5. The summed E-state index contributed by atoms with van der Waals surface area (Å²) < 4.78 is 19.8. The van der Waals surface area contributed by atoms with E-state index >= 15 is 4.39 Å². The first kappa shape index (κ1) is 17.4. The third-order valence-corrected chi connectivity index (χ3v) is 4.22. The Labute approximate surface area is 152 Å². The molecule has 0 unspecified atom stereocenters. The summed E-state index contributed by atoms with van der Waals surface area (Å²) in [5.41, 5.74) is 1.04. The van der Waals surface area contributed by atoms with Crippen molar-refractivity contribution in [2.24, 2.45) is 0 Å². The number of rotatable bonds is 3. The number of benzene rings is 2. The van der Waals surface area contributed by atoms with E-state index in [9.17, 15) is 4.79 Å². The summed E-state index contributed by atoms with van der Waals surface area (Å²) in [7, 11) is 1.22. The van der Waals surface area contributed by atoms with Gasteiger partial charge in [0.2, 0.25) is 0 Å². The van der Waals surface area contributed by atoms with Crippen molar-refractivity contribution in [1.29, 1.82) is 0 Å². The number of carbonyl (C=O) groups excluding carboxylic acids is 1. The van der Waals surface area contributed by atoms with Gasteiger partial charge in [-0.1, -0.05) is 23.2 Å². The number of halogens is 3. The molecule has 128 valence electrons. The quantitative estimate of drug-likeness (QED) is 0.654. The van der Waals surface area contributed by atoms with E-state index in [4.69, 9.17) is 27.9 Å². The highest BCUT2D eigenvalue weighted by Crippen LogP contribution is 2.34. The van der Waals surface area contributed by atoms with Crippen LogP contribution in [0.4, 0.5) is 15.8 Å². The topological polar surface area (TPSA) is 64.1 Å². The summed E-state index contributed by atoms with van der Waals surface area (Å²) in [5, 5.41) is 11.6. The normalized spacial score (nSPS) is 10.8. The third-order valence-electron chi connectivity index (χ3n) is 3.67. The van der Waals surface area contributed by atoms with Crippen LogP contribution in [-0.4, -0.2) is 23.3 Å². The standard InChI is InChI=1S/C17H12Cl2FN3O2/c1-8-7-21-23-16-10(8)6-11(17(24)25-2)15(14(16)20)22-13-4-3-9(18)5-12(13)19/h3-7,22H,1-2H3. The van der Waals surface area contributed by atoms with Gasteiger partial charge in [0.1, 0.15) is 5.52 Å². The van der Waals surface area contributed by atoms with Crippen LogP contribution in [-0.2, 0) is 4.74 Å². The minimum atomic E-state index is -0.722. The zero-order valence-electron chi connectivity index (χ0n) is 13.2. The number of ether oxygens (including phenoxy) is 1. The molecule has 3 rings (SSSR count). The molecule has 0 aliphatic carbocycles. The molecule has 1 N–H and O–H groups in total. The van der Waals surface area contributed by atoms with Gasteiger partial charge in [-0.3, -0.25) is 0 Å². The highest BCUT2D eigenvalue weighted by atomic mass is 35.5. The lowest BCUT2D eigenvalue weighted by Gasteiger charge is -2.15. The van der Waals surface area contributed by atoms with Crippen molar-refractivity contribution in [3.05, 3.63) is 57.5 Å². The smallest absolute Gasteiger partial charge is 0.340 e. The van der Waals surface area contributed by atoms with E-state index in [2.05, 4.69) is 15.5 Å². The largest absolute Gasteiger partial charge is 0.465 e. The number of anilines is 2. The van der Waals surface area contributed by atoms with Crippen LogP contribution in [0.15, 0.2) is 30.5 Å². The maximum absolute atomic E-state index is 15.1. The van der Waals surface area contributed by atoms with Crippen molar-refractivity contribution >= 4 is 51.4 Å². The molecule has 0 fully saturated rings. The second kappa shape index (κ2) is 6.82. The predicted octanol–water partition coefficient (Wildman–Crippen LogP) is 4.91. The zero-order valence-corrected chi connectivity index (χ0v) is 14.7. The van der Waals surface area contributed by atoms with Crippen LogP contribution in [0.3, 0.4) is 0 Å². The molecule has 3 aromatic rings. The number of methoxy groups -OCH3 is 1. The Balaban J connectivity index is 2.24. The van der Waals surface area contributed by atoms with Gasteiger partial charge in [-0.15, -0.1) is 5.10 Å². The fourth-order valence-electron chi connectivity index (χ4n) is 2.40. The van der Waals surface area contributed by atoms with E-state index < -0.39 is 11.8 Å². The van der Waals surface area contributed by atoms with Gasteiger partial charge in [0.15, 0.2) is 5.82 Å². The van der Waals surface area contributed by atoms with E-state index in [1.807, 2.05) is 0 Å². The van der Waals surface area contributed by atoms with Crippen LogP contribution < -0.4 is 5.32 Å². The van der Waals surface area contributed by atoms with Gasteiger partial charge in [0.05, 0.1) is 35.3 Å². The SMILES string of the molecule is COC(=O)c1cc2c(C)cnnc2c(F)c1Nc1ccc(Cl)cc1Cl. The summed E-state index contributed by atoms with van der Waals surface area (Å²) >= 11 is 12.0. The van der Waals surface area contributed by atoms with E-state index in [1.54, 1.807) is 19.1 Å². The van der Waals surface area contributed by atoms with Gasteiger partial charge in [-0.2, -0.15) is 5.10 Å². The third kappa shape index (κ3) is 3.23. The number of nitrogens with one attached hydrogen (secondary N) is 1. The lowest BCUT2D eigenvalue weighted by Crippen LogP contribution is -2.09. The molecular weight excluding hydrogens is 368 g/mol. The number of esters is 1. The highest BCUT2D eigenvalue weighted by Gasteiger charge is 2.22. The van der Waals surface area contributed by atoms with Crippen LogP contribution in [0.5, 0.6) is 0 Å². The molecule has 0 amide bonds. The summed E-state index contributed by atoms with van der Waals surface area (Å²) in [5.74, 6) is -1.41. The zero-order chi connectivity index (χ0) is 18.1. The Bertz CT molecular complexity index is 995. The Morgan fingerprint density at radius 2 is 2.04 bits per heavy atom. The van der Waals surface area contributed by atoms with Crippen LogP contribution in [0.1, 0.15) is 15.9 Å². The monoisotopic (exact) mass is 379 g/mol. The highest BCUT2D eigenvalue weighted by molar-refractivity contribution is 6.36. The van der Waals surface area contributed by atoms with Gasteiger partial charge < -0.3 is 10.1 Å². The number of aromatic nitrogens is 2. The van der Waals surface area contributed by atoms with Gasteiger partial charge in [-0.25, -0.2) is 9.18 Å². The molecule has 1 aromatic heterocycles. The molecule has 25 heavy (non-hydrogen) atoms. The number of nitrogens with zero attached hydrogens (tertiary/aromatic N) is 2. The Hall–Kier alpha value is -2.44. The average Bonchev–Trinajstić information content (AvgIpc) is 2.59. The Kier molecular flexibility index (Phi) is 4.74. The van der Waals surface area contributed by atoms with Crippen molar-refractivity contribution < 1.29 is 13.9 Å². The first-order valence-electron chi connectivity index (χ1n) is 7.17. The minimum Gasteiger partial charge on any atom is -0.465 e. The molecule has 0 radical (unpaired) electrons. The molecular formula is C17H12Cl2FN3O2. The summed E-state index contributed by atoms with van der Waals surface area (Å²) in [6.45, 7) is 1.75. The van der Waals surface area contributed by atoms with Crippen LogP contribution in [0.2, 0.25) is 10.0 Å². The molecule has 0 saturated carbocycles. The van der Waals surface area contributed by atoms with Crippen molar-refractivity contribution in [1.82, 2.24) is 10.2 Å². The number of hydrogen-bond donors (Lipinski definition) is 1. The summed E-state index contributed by atoms with van der Waals surface area (Å²) in [6, 6.07) is 6.19. The molecule has 0 atom stereocenters. The number of carbonyl (C=O) groups is 1. The molecule has 0 aliphatic rings. The first-order valence-corrected chi connectivity index (χ1v) is 7.93. The number of fused-ring (bicyclic) bond motifs is 1. The molecule has 2 aromatic carbocycles. The molecule has 1 heterocycles. The summed E-state index contributed by atoms with van der Waals surface area (Å²) in [4.78, 5) is 12.2. The van der Waals surface area contributed by atoms with Gasteiger partial charge in [0.25, 0.3) is 0 Å². The number of aryl methyl sites for hydroxylation is 1. The van der Waals surface area contributed by atoms with Crippen LogP contribution >= 0.6 is 23.2 Å². The molecule has 8 heteroatoms. The van der Waals surface area contributed by atoms with Crippen molar-refractivity contribution in [3.63, 3.8) is 0 Å². The van der Waals surface area contributed by atoms with E-state index in [-0.39, 0.29) is 21.8 Å². The second-order valence-electron chi connectivity index (χ2n) is 5.28. The Morgan fingerprint density at radius 1 is 1.28 bits per heavy atom. The van der Waals surface area contributed by atoms with E-state index in [1.165, 1.54) is 25.4 Å². The predicted molar refractivity (Wildman–Crippen MR) is 95.3 cm³/mol. The van der Waals surface area contributed by atoms with Crippen molar-refractivity contribution in [2.45, 2.75) is 6.92 Å². The second-order valence-corrected chi connectivity index (χ2v) is 6.12. The van der Waals surface area contributed by atoms with E-state index in [0.29, 0.717) is 21.7 Å². The average molecular weight is 380 g/mol. The summed E-state index contributed by atoms with van der Waals surface area (Å²) in [6.07, 6.45) is 1.49. The van der Waals surface area contributed by atoms with Crippen molar-refractivity contribution in [2.75, 3.05) is 12.4 Å². The van der Waals surface area contributed by atoms with Gasteiger partial charge >= 0.3 is 5.97 Å². The lowest BCUT2D eigenvalue weighted by molar-refractivity contribution is 0.0601. The van der Waals surface area contributed by atoms with Gasteiger partial charge in [0, 0.05) is 10.4 Å². The molecule has 0 bridgehead atoms. The molecule has 0 spiro atoms. The maximum Gasteiger partial charge on any atom is 0.340 e. The first-order chi connectivity index (χ1) is 11.9. The van der Waals surface area contributed by atoms with E-state index in [0.717, 1.165) is 0 Å². The van der Waals surface area contributed by atoms with Crippen molar-refractivity contribution in [3.8, 4) is 0 Å². The fourth-order valence-corrected chi connectivity index (χ4v) is 2.86. The van der Waals surface area contributed by atoms with Crippen LogP contribution in [0.25, 0.3) is 10.9 Å². The fraction of sp³-hybridized carbons (Fsp3) is 0.118. The maximum atomic E-state index is 15.1. The molecule has 0 saturated heterocycles. The lowest BCUT2D eigenvalue weighted by atomic mass is 10.0. The minimum absolute atomic E-state index is 0.0228.